The lowest BCUT2D eigenvalue weighted by molar-refractivity contribution is -0.198. The normalized spacial score (nSPS) is 13.2. The summed E-state index contributed by atoms with van der Waals surface area (Å²) in [5.41, 5.74) is 12.6. The fourth-order valence-electron chi connectivity index (χ4n) is 4.07. The zero-order chi connectivity index (χ0) is 28.5. The number of benzene rings is 2. The minimum atomic E-state index is -4.93. The summed E-state index contributed by atoms with van der Waals surface area (Å²) in [5.74, 6) is -2.50. The van der Waals surface area contributed by atoms with Crippen molar-refractivity contribution in [2.24, 2.45) is 5.73 Å². The van der Waals surface area contributed by atoms with Gasteiger partial charge in [0.2, 0.25) is 17.9 Å². The Morgan fingerprint density at radius 3 is 2.38 bits per heavy atom. The Morgan fingerprint density at radius 2 is 1.79 bits per heavy atom. The van der Waals surface area contributed by atoms with E-state index >= 15 is 0 Å². The topological polar surface area (TPSA) is 150 Å². The van der Waals surface area contributed by atoms with Gasteiger partial charge in [0, 0.05) is 22.8 Å². The number of anilines is 1. The fraction of sp³-hybridized carbons (Fsp3) is 0.231. The Kier molecular flexibility index (Phi) is 7.54. The molecule has 2 heterocycles. The molecule has 2 aromatic carbocycles. The lowest BCUT2D eigenvalue weighted by Crippen LogP contribution is -2.32. The molecule has 204 valence electrons. The zero-order valence-corrected chi connectivity index (χ0v) is 20.7. The molecular formula is C26H23F4N5O4. The molecular weight excluding hydrogens is 522 g/mol. The molecule has 2 aromatic heterocycles. The Labute approximate surface area is 219 Å². The number of alkyl halides is 3. The number of carbonyl (C=O) groups is 1. The van der Waals surface area contributed by atoms with Crippen molar-refractivity contribution in [2.45, 2.75) is 38.6 Å². The quantitative estimate of drug-likeness (QED) is 0.266. The number of carboxylic acids is 1. The van der Waals surface area contributed by atoms with Crippen LogP contribution in [-0.2, 0) is 11.2 Å². The summed E-state index contributed by atoms with van der Waals surface area (Å²) in [5, 5.41) is 12.7. The molecule has 39 heavy (non-hydrogen) atoms. The first-order valence-corrected chi connectivity index (χ1v) is 11.5. The van der Waals surface area contributed by atoms with Crippen LogP contribution in [0.3, 0.4) is 0 Å². The van der Waals surface area contributed by atoms with Crippen LogP contribution in [0.25, 0.3) is 22.4 Å². The Morgan fingerprint density at radius 1 is 1.10 bits per heavy atom. The first kappa shape index (κ1) is 27.5. The number of rotatable bonds is 8. The zero-order valence-electron chi connectivity index (χ0n) is 20.7. The number of aryl methyl sites for hydroxylation is 2. The Hall–Kier alpha value is -4.52. The Bertz CT molecular complexity index is 1490. The van der Waals surface area contributed by atoms with E-state index in [9.17, 15) is 22.4 Å². The number of halogens is 4. The van der Waals surface area contributed by atoms with Gasteiger partial charge in [-0.05, 0) is 43.5 Å². The van der Waals surface area contributed by atoms with Crippen LogP contribution in [0.1, 0.15) is 28.7 Å². The molecule has 0 aliphatic rings. The highest BCUT2D eigenvalue weighted by Crippen LogP contribution is 2.42. The lowest BCUT2D eigenvalue weighted by Gasteiger charge is -2.24. The molecule has 0 aliphatic carbocycles. The van der Waals surface area contributed by atoms with Crippen LogP contribution < -0.4 is 16.2 Å². The number of carboxylic acid groups (broad SMARTS) is 1. The summed E-state index contributed by atoms with van der Waals surface area (Å²) >= 11 is 0. The first-order chi connectivity index (χ1) is 18.3. The van der Waals surface area contributed by atoms with Gasteiger partial charge in [0.05, 0.1) is 11.4 Å². The predicted octanol–water partition coefficient (Wildman–Crippen LogP) is 4.77. The van der Waals surface area contributed by atoms with Crippen LogP contribution in [0.5, 0.6) is 5.88 Å². The molecule has 5 N–H and O–H groups in total. The van der Waals surface area contributed by atoms with Crippen LogP contribution >= 0.6 is 0 Å². The summed E-state index contributed by atoms with van der Waals surface area (Å²) in [4.78, 5) is 18.9. The van der Waals surface area contributed by atoms with Gasteiger partial charge in [0.1, 0.15) is 17.6 Å². The maximum absolute atomic E-state index is 14.4. The second-order valence-electron chi connectivity index (χ2n) is 8.77. The Balaban J connectivity index is 1.71. The average Bonchev–Trinajstić information content (AvgIpc) is 3.19. The van der Waals surface area contributed by atoms with Crippen molar-refractivity contribution in [3.63, 3.8) is 0 Å². The summed E-state index contributed by atoms with van der Waals surface area (Å²) in [6, 6.07) is 9.35. The summed E-state index contributed by atoms with van der Waals surface area (Å²) < 4.78 is 67.7. The smallest absolute Gasteiger partial charge is 0.429 e. The van der Waals surface area contributed by atoms with Crippen LogP contribution in [0.15, 0.2) is 53.1 Å². The van der Waals surface area contributed by atoms with Crippen molar-refractivity contribution >= 4 is 11.9 Å². The third-order valence-corrected chi connectivity index (χ3v) is 5.88. The number of aromatic nitrogens is 3. The van der Waals surface area contributed by atoms with E-state index in [4.69, 9.17) is 25.8 Å². The van der Waals surface area contributed by atoms with Gasteiger partial charge in [-0.15, -0.1) is 0 Å². The molecule has 0 amide bonds. The van der Waals surface area contributed by atoms with E-state index in [-0.39, 0.29) is 46.2 Å². The summed E-state index contributed by atoms with van der Waals surface area (Å²) in [6.07, 6.45) is -7.41. The molecule has 0 aliphatic heterocycles. The van der Waals surface area contributed by atoms with Gasteiger partial charge in [0.15, 0.2) is 0 Å². The SMILES string of the molecule is Cc1noc(C)c1-c1cc(F)ccc1C(Oc1cc(-c2ccc(CC(N)C(=O)O)cc2)nc(N)n1)C(F)(F)F. The number of nitrogens with two attached hydrogens (primary N) is 2. The number of nitrogen functional groups attached to an aromatic ring is 1. The van der Waals surface area contributed by atoms with Crippen molar-refractivity contribution < 1.29 is 36.7 Å². The number of hydrogen-bond acceptors (Lipinski definition) is 8. The van der Waals surface area contributed by atoms with Gasteiger partial charge in [-0.1, -0.05) is 35.5 Å². The van der Waals surface area contributed by atoms with E-state index in [0.717, 1.165) is 18.2 Å². The molecule has 0 radical (unpaired) electrons. The molecule has 13 heteroatoms. The van der Waals surface area contributed by atoms with E-state index in [2.05, 4.69) is 15.1 Å². The van der Waals surface area contributed by atoms with Crippen molar-refractivity contribution in [3.8, 4) is 28.3 Å². The molecule has 2 atom stereocenters. The fourth-order valence-corrected chi connectivity index (χ4v) is 4.07. The molecule has 2 unspecified atom stereocenters. The van der Waals surface area contributed by atoms with Crippen molar-refractivity contribution in [2.75, 3.05) is 5.73 Å². The van der Waals surface area contributed by atoms with Gasteiger partial charge in [-0.25, -0.2) is 9.37 Å². The van der Waals surface area contributed by atoms with Crippen molar-refractivity contribution in [1.29, 1.82) is 0 Å². The second kappa shape index (κ2) is 10.7. The lowest BCUT2D eigenvalue weighted by atomic mass is 9.94. The predicted molar refractivity (Wildman–Crippen MR) is 132 cm³/mol. The number of ether oxygens (including phenoxy) is 1. The highest BCUT2D eigenvalue weighted by Gasteiger charge is 2.45. The average molecular weight is 545 g/mol. The van der Waals surface area contributed by atoms with E-state index in [1.165, 1.54) is 19.9 Å². The minimum absolute atomic E-state index is 0.0777. The number of nitrogens with zero attached hydrogens (tertiary/aromatic N) is 3. The number of hydrogen-bond donors (Lipinski definition) is 3. The molecule has 4 rings (SSSR count). The van der Waals surface area contributed by atoms with Gasteiger partial charge in [-0.3, -0.25) is 4.79 Å². The molecule has 0 saturated heterocycles. The maximum atomic E-state index is 14.4. The van der Waals surface area contributed by atoms with E-state index < -0.39 is 36.0 Å². The van der Waals surface area contributed by atoms with Gasteiger partial charge in [-0.2, -0.15) is 18.2 Å². The monoisotopic (exact) mass is 545 g/mol. The molecule has 0 spiro atoms. The van der Waals surface area contributed by atoms with E-state index in [0.29, 0.717) is 11.1 Å². The van der Waals surface area contributed by atoms with Crippen LogP contribution in [0.2, 0.25) is 0 Å². The maximum Gasteiger partial charge on any atom is 0.429 e. The minimum Gasteiger partial charge on any atom is -0.480 e. The van der Waals surface area contributed by atoms with Gasteiger partial charge >= 0.3 is 12.1 Å². The molecule has 4 aromatic rings. The van der Waals surface area contributed by atoms with Crippen LogP contribution in [-0.4, -0.2) is 38.4 Å². The highest BCUT2D eigenvalue weighted by atomic mass is 19.4. The largest absolute Gasteiger partial charge is 0.480 e. The molecule has 9 nitrogen and oxygen atoms in total. The molecule has 0 bridgehead atoms. The molecule has 0 fully saturated rings. The van der Waals surface area contributed by atoms with E-state index in [1.807, 2.05) is 0 Å². The van der Waals surface area contributed by atoms with Crippen molar-refractivity contribution in [3.05, 3.63) is 76.9 Å². The first-order valence-electron chi connectivity index (χ1n) is 11.5. The summed E-state index contributed by atoms with van der Waals surface area (Å²) in [6.45, 7) is 3.04. The van der Waals surface area contributed by atoms with E-state index in [1.54, 1.807) is 24.3 Å². The third-order valence-electron chi connectivity index (χ3n) is 5.88. The van der Waals surface area contributed by atoms with Gasteiger partial charge < -0.3 is 25.8 Å². The van der Waals surface area contributed by atoms with Crippen LogP contribution in [0, 0.1) is 19.7 Å². The van der Waals surface area contributed by atoms with Gasteiger partial charge in [0.25, 0.3) is 0 Å². The second-order valence-corrected chi connectivity index (χ2v) is 8.77. The highest BCUT2D eigenvalue weighted by molar-refractivity contribution is 5.74. The number of aliphatic carboxylic acids is 1. The van der Waals surface area contributed by atoms with Crippen LogP contribution in [0.4, 0.5) is 23.5 Å². The summed E-state index contributed by atoms with van der Waals surface area (Å²) in [7, 11) is 0. The molecule has 0 saturated carbocycles. The third kappa shape index (κ3) is 6.14. The van der Waals surface area contributed by atoms with Crippen molar-refractivity contribution in [1.82, 2.24) is 15.1 Å². The standard InChI is InChI=1S/C26H23F4N5O4/c1-12-22(13(2)39-35-12)18-10-16(27)7-8-17(18)23(26(28,29)30)38-21-11-20(33-25(32)34-21)15-5-3-14(4-6-15)9-19(31)24(36)37/h3-8,10-11,19,23H,9,31H2,1-2H3,(H,36,37)(H2,32,33,34).